The van der Waals surface area contributed by atoms with Crippen molar-refractivity contribution in [3.8, 4) is 0 Å². The van der Waals surface area contributed by atoms with Crippen molar-refractivity contribution in [2.45, 2.75) is 65.2 Å². The van der Waals surface area contributed by atoms with Gasteiger partial charge in [0.05, 0.1) is 11.6 Å². The summed E-state index contributed by atoms with van der Waals surface area (Å²) in [5.74, 6) is 0. The molecule has 0 radical (unpaired) electrons. The summed E-state index contributed by atoms with van der Waals surface area (Å²) >= 11 is 0. The summed E-state index contributed by atoms with van der Waals surface area (Å²) in [5.41, 5.74) is 8.67. The maximum Gasteiger partial charge on any atom is 0.242 e. The molecule has 0 aliphatic heterocycles. The van der Waals surface area contributed by atoms with E-state index in [1.54, 1.807) is 0 Å². The highest BCUT2D eigenvalue weighted by Gasteiger charge is 2.23. The van der Waals surface area contributed by atoms with Crippen molar-refractivity contribution < 1.29 is 8.83 Å². The van der Waals surface area contributed by atoms with Crippen molar-refractivity contribution in [3.05, 3.63) is 40.1 Å². The number of furan rings is 1. The molecule has 5 rings (SSSR count). The summed E-state index contributed by atoms with van der Waals surface area (Å²) in [6.45, 7) is 4.22. The predicted octanol–water partition coefficient (Wildman–Crippen LogP) is 5.51. The minimum Gasteiger partial charge on any atom is -0.463 e. The smallest absolute Gasteiger partial charge is 0.242 e. The number of nitrogens with zero attached hydrogens (tertiary/aromatic N) is 2. The molecule has 0 saturated heterocycles. The van der Waals surface area contributed by atoms with Crippen LogP contribution in [0, 0.1) is 13.8 Å². The molecule has 3 aromatic rings. The third-order valence-electron chi connectivity index (χ3n) is 5.89. The Labute approximate surface area is 152 Å². The second-order valence-corrected chi connectivity index (χ2v) is 7.73. The van der Waals surface area contributed by atoms with Gasteiger partial charge in [0, 0.05) is 16.7 Å². The molecule has 2 aliphatic rings. The van der Waals surface area contributed by atoms with Crippen LogP contribution >= 0.6 is 0 Å². The van der Waals surface area contributed by atoms with Gasteiger partial charge in [-0.05, 0) is 81.5 Å². The molecule has 1 aromatic carbocycles. The molecule has 2 aromatic heterocycles. The van der Waals surface area contributed by atoms with Crippen LogP contribution in [0.5, 0.6) is 0 Å². The molecule has 1 fully saturated rings. The molecule has 4 nitrogen and oxygen atoms in total. The highest BCUT2D eigenvalue weighted by molar-refractivity contribution is 6.07. The third kappa shape index (κ3) is 2.43. The quantitative estimate of drug-likeness (QED) is 0.545. The average molecular weight is 348 g/mol. The van der Waals surface area contributed by atoms with Crippen molar-refractivity contribution >= 4 is 27.7 Å². The van der Waals surface area contributed by atoms with Crippen molar-refractivity contribution in [1.29, 1.82) is 0 Å². The van der Waals surface area contributed by atoms with Crippen LogP contribution in [0.3, 0.4) is 0 Å². The fourth-order valence-electron chi connectivity index (χ4n) is 4.62. The monoisotopic (exact) mass is 348 g/mol. The van der Waals surface area contributed by atoms with Crippen molar-refractivity contribution in [1.82, 2.24) is 0 Å². The molecule has 134 valence electrons. The Morgan fingerprint density at radius 3 is 2.46 bits per heavy atom. The summed E-state index contributed by atoms with van der Waals surface area (Å²) in [6.07, 6.45) is 11.0. The topological polar surface area (TPSA) is 51.0 Å². The Balaban J connectivity index is 1.78. The summed E-state index contributed by atoms with van der Waals surface area (Å²) in [4.78, 5) is 0. The molecule has 1 saturated carbocycles. The molecular weight excluding hydrogens is 324 g/mol. The van der Waals surface area contributed by atoms with Crippen LogP contribution in [-0.2, 0) is 12.8 Å². The fraction of sp³-hybridized carbons (Fsp3) is 0.455. The Morgan fingerprint density at radius 1 is 0.808 bits per heavy atom. The minimum absolute atomic E-state index is 0.699. The first kappa shape index (κ1) is 15.9. The number of hydrogen-bond acceptors (Lipinski definition) is 4. The van der Waals surface area contributed by atoms with E-state index in [1.165, 1.54) is 52.6 Å². The highest BCUT2D eigenvalue weighted by atomic mass is 16.3. The third-order valence-corrected chi connectivity index (χ3v) is 5.89. The maximum absolute atomic E-state index is 6.26. The van der Waals surface area contributed by atoms with Gasteiger partial charge in [-0.15, -0.1) is 5.10 Å². The number of aryl methyl sites for hydroxylation is 3. The predicted molar refractivity (Wildman–Crippen MR) is 104 cm³/mol. The maximum atomic E-state index is 6.26. The normalized spacial score (nSPS) is 18.1. The van der Waals surface area contributed by atoms with Gasteiger partial charge in [-0.2, -0.15) is 5.10 Å². The summed E-state index contributed by atoms with van der Waals surface area (Å²) in [5, 5.41) is 11.5. The average Bonchev–Trinajstić information content (AvgIpc) is 3.28. The first-order chi connectivity index (χ1) is 12.7. The van der Waals surface area contributed by atoms with Gasteiger partial charge in [0.15, 0.2) is 0 Å². The lowest BCUT2D eigenvalue weighted by atomic mass is 9.99. The van der Waals surface area contributed by atoms with Gasteiger partial charge in [-0.3, -0.25) is 0 Å². The second kappa shape index (κ2) is 6.11. The van der Waals surface area contributed by atoms with Crippen LogP contribution in [0.15, 0.2) is 31.4 Å². The molecule has 0 amide bonds. The minimum atomic E-state index is 0.699. The van der Waals surface area contributed by atoms with E-state index in [-0.39, 0.29) is 0 Å². The van der Waals surface area contributed by atoms with Crippen LogP contribution < -0.4 is 5.55 Å². The molecule has 0 atom stereocenters. The van der Waals surface area contributed by atoms with Gasteiger partial charge in [-0.1, -0.05) is 6.42 Å². The summed E-state index contributed by atoms with van der Waals surface area (Å²) in [6, 6.07) is 2.13. The van der Waals surface area contributed by atoms with Gasteiger partial charge >= 0.3 is 0 Å². The van der Waals surface area contributed by atoms with Crippen LogP contribution in [0.4, 0.5) is 0 Å². The largest absolute Gasteiger partial charge is 0.463 e. The molecule has 0 spiro atoms. The Kier molecular flexibility index (Phi) is 3.73. The van der Waals surface area contributed by atoms with Gasteiger partial charge < -0.3 is 8.83 Å². The van der Waals surface area contributed by atoms with E-state index in [1.807, 2.05) is 6.26 Å². The Hall–Kier alpha value is -2.36. The molecule has 4 heteroatoms. The zero-order chi connectivity index (χ0) is 17.7. The Bertz CT molecular complexity index is 1110. The molecule has 0 bridgehead atoms. The fourth-order valence-corrected chi connectivity index (χ4v) is 4.62. The van der Waals surface area contributed by atoms with E-state index >= 15 is 0 Å². The molecule has 2 aliphatic carbocycles. The highest BCUT2D eigenvalue weighted by Crippen LogP contribution is 2.36. The van der Waals surface area contributed by atoms with Gasteiger partial charge in [-0.25, -0.2) is 0 Å². The van der Waals surface area contributed by atoms with Crippen LogP contribution in [0.1, 0.15) is 60.8 Å². The van der Waals surface area contributed by atoms with E-state index in [0.717, 1.165) is 48.7 Å². The van der Waals surface area contributed by atoms with Crippen molar-refractivity contribution in [2.24, 2.45) is 10.2 Å². The lowest BCUT2D eigenvalue weighted by molar-refractivity contribution is 0.526. The van der Waals surface area contributed by atoms with Crippen LogP contribution in [0.2, 0.25) is 0 Å². The molecule has 0 unspecified atom stereocenters. The molecule has 26 heavy (non-hydrogen) atoms. The van der Waals surface area contributed by atoms with E-state index in [0.29, 0.717) is 5.55 Å². The molecule has 2 heterocycles. The van der Waals surface area contributed by atoms with Crippen molar-refractivity contribution in [3.63, 3.8) is 0 Å². The lowest BCUT2D eigenvalue weighted by Gasteiger charge is -2.10. The van der Waals surface area contributed by atoms with Gasteiger partial charge in [0.25, 0.3) is 0 Å². The SMILES string of the molecule is Cc1coc2c1c(C)cc1o/c(=N/N=C3CCCCC3)c3c(c12)CCC3. The summed E-state index contributed by atoms with van der Waals surface area (Å²) in [7, 11) is 0. The Morgan fingerprint density at radius 2 is 1.62 bits per heavy atom. The zero-order valence-electron chi connectivity index (χ0n) is 15.5. The van der Waals surface area contributed by atoms with Gasteiger partial charge in [0.1, 0.15) is 11.2 Å². The van der Waals surface area contributed by atoms with E-state index in [9.17, 15) is 0 Å². The lowest BCUT2D eigenvalue weighted by Crippen LogP contribution is -2.11. The molecular formula is C22H24N2O2. The first-order valence-corrected chi connectivity index (χ1v) is 9.78. The molecule has 0 N–H and O–H groups in total. The number of hydrogen-bond donors (Lipinski definition) is 0. The van der Waals surface area contributed by atoms with Crippen LogP contribution in [0.25, 0.3) is 21.9 Å². The number of fused-ring (bicyclic) bond motifs is 5. The summed E-state index contributed by atoms with van der Waals surface area (Å²) < 4.78 is 12.2. The van der Waals surface area contributed by atoms with E-state index in [2.05, 4.69) is 30.1 Å². The van der Waals surface area contributed by atoms with E-state index < -0.39 is 0 Å². The number of rotatable bonds is 1. The second-order valence-electron chi connectivity index (χ2n) is 7.73. The first-order valence-electron chi connectivity index (χ1n) is 9.78. The van der Waals surface area contributed by atoms with Gasteiger partial charge in [0.2, 0.25) is 5.55 Å². The standard InChI is InChI=1S/C22H24N2O2/c1-13-11-18-20(21-19(13)14(2)12-25-21)16-9-6-10-17(16)22(26-18)24-23-15-7-4-3-5-8-15/h11-12H,3-10H2,1-2H3/b24-22+. The van der Waals surface area contributed by atoms with Crippen molar-refractivity contribution in [2.75, 3.05) is 0 Å². The zero-order valence-corrected chi connectivity index (χ0v) is 15.5. The number of benzene rings is 1. The van der Waals surface area contributed by atoms with Crippen LogP contribution in [-0.4, -0.2) is 5.71 Å². The van der Waals surface area contributed by atoms with E-state index in [4.69, 9.17) is 8.83 Å².